The third kappa shape index (κ3) is 4.38. The Hall–Kier alpha value is -2.76. The van der Waals surface area contributed by atoms with Crippen LogP contribution in [0, 0.1) is 5.82 Å². The first-order valence-corrected chi connectivity index (χ1v) is 6.40. The number of carbonyl (C=O) groups is 1. The Morgan fingerprint density at radius 1 is 1.19 bits per heavy atom. The van der Waals surface area contributed by atoms with Crippen molar-refractivity contribution in [3.8, 4) is 0 Å². The van der Waals surface area contributed by atoms with Gasteiger partial charge in [0.15, 0.2) is 5.69 Å². The summed E-state index contributed by atoms with van der Waals surface area (Å²) in [6.07, 6.45) is 1.59. The smallest absolute Gasteiger partial charge is 0.272 e. The molecule has 5 nitrogen and oxygen atoms in total. The van der Waals surface area contributed by atoms with E-state index in [1.165, 1.54) is 12.1 Å². The lowest BCUT2D eigenvalue weighted by Crippen LogP contribution is -2.24. The quantitative estimate of drug-likeness (QED) is 0.798. The Morgan fingerprint density at radius 2 is 1.95 bits per heavy atom. The monoisotopic (exact) mass is 286 g/mol. The molecule has 0 aliphatic rings. The fraction of sp³-hybridized carbons (Fsp3) is 0.133. The largest absolute Gasteiger partial charge is 0.365 e. The van der Waals surface area contributed by atoms with Gasteiger partial charge in [-0.15, -0.1) is 16.8 Å². The molecule has 0 aliphatic heterocycles. The molecule has 0 spiro atoms. The van der Waals surface area contributed by atoms with Crippen LogP contribution in [0.1, 0.15) is 16.1 Å². The summed E-state index contributed by atoms with van der Waals surface area (Å²) in [6, 6.07) is 9.42. The number of nitrogens with zero attached hydrogens (tertiary/aromatic N) is 2. The van der Waals surface area contributed by atoms with E-state index in [-0.39, 0.29) is 17.4 Å². The molecule has 1 aromatic carbocycles. The van der Waals surface area contributed by atoms with Gasteiger partial charge in [0.05, 0.1) is 0 Å². The van der Waals surface area contributed by atoms with Gasteiger partial charge in [0, 0.05) is 13.1 Å². The van der Waals surface area contributed by atoms with E-state index >= 15 is 0 Å². The topological polar surface area (TPSA) is 66.9 Å². The van der Waals surface area contributed by atoms with E-state index in [1.807, 2.05) is 0 Å². The fourth-order valence-electron chi connectivity index (χ4n) is 1.60. The highest BCUT2D eigenvalue weighted by Crippen LogP contribution is 2.07. The Balaban J connectivity index is 1.91. The van der Waals surface area contributed by atoms with E-state index < -0.39 is 0 Å². The summed E-state index contributed by atoms with van der Waals surface area (Å²) in [5, 5.41) is 13.4. The minimum atomic E-state index is -0.299. The third-order valence-electron chi connectivity index (χ3n) is 2.69. The van der Waals surface area contributed by atoms with Gasteiger partial charge in [0.25, 0.3) is 5.91 Å². The molecule has 0 bridgehead atoms. The molecule has 1 amide bonds. The highest BCUT2D eigenvalue weighted by molar-refractivity contribution is 5.92. The maximum Gasteiger partial charge on any atom is 0.272 e. The summed E-state index contributed by atoms with van der Waals surface area (Å²) in [7, 11) is 0. The van der Waals surface area contributed by atoms with Gasteiger partial charge < -0.3 is 10.6 Å². The van der Waals surface area contributed by atoms with Crippen molar-refractivity contribution in [1.29, 1.82) is 0 Å². The summed E-state index contributed by atoms with van der Waals surface area (Å²) in [5.41, 5.74) is 1.16. The standard InChI is InChI=1S/C15H15FN4O/c1-2-9-17-15(21)13-7-8-14(20-19-13)18-10-11-3-5-12(16)6-4-11/h2-8H,1,9-10H2,(H,17,21)(H,18,20). The van der Waals surface area contributed by atoms with E-state index in [0.717, 1.165) is 5.56 Å². The lowest BCUT2D eigenvalue weighted by Gasteiger charge is -2.06. The zero-order valence-corrected chi connectivity index (χ0v) is 11.3. The second kappa shape index (κ2) is 7.14. The number of benzene rings is 1. The van der Waals surface area contributed by atoms with Gasteiger partial charge in [0.1, 0.15) is 11.6 Å². The molecule has 2 aromatic rings. The average molecular weight is 286 g/mol. The first-order chi connectivity index (χ1) is 10.2. The lowest BCUT2D eigenvalue weighted by atomic mass is 10.2. The molecule has 0 radical (unpaired) electrons. The molecule has 0 unspecified atom stereocenters. The fourth-order valence-corrected chi connectivity index (χ4v) is 1.60. The number of hydrogen-bond acceptors (Lipinski definition) is 4. The summed E-state index contributed by atoms with van der Waals surface area (Å²) in [6.45, 7) is 4.39. The van der Waals surface area contributed by atoms with Gasteiger partial charge in [-0.25, -0.2) is 4.39 Å². The van der Waals surface area contributed by atoms with Crippen LogP contribution >= 0.6 is 0 Å². The number of aromatic nitrogens is 2. The van der Waals surface area contributed by atoms with Gasteiger partial charge in [0.2, 0.25) is 0 Å². The first-order valence-electron chi connectivity index (χ1n) is 6.40. The predicted molar refractivity (Wildman–Crippen MR) is 78.3 cm³/mol. The summed E-state index contributed by atoms with van der Waals surface area (Å²) >= 11 is 0. The molecule has 21 heavy (non-hydrogen) atoms. The summed E-state index contributed by atoms with van der Waals surface area (Å²) in [4.78, 5) is 11.6. The van der Waals surface area contributed by atoms with E-state index in [0.29, 0.717) is 18.9 Å². The van der Waals surface area contributed by atoms with Crippen LogP contribution in [0.3, 0.4) is 0 Å². The van der Waals surface area contributed by atoms with Gasteiger partial charge >= 0.3 is 0 Å². The molecule has 1 heterocycles. The molecule has 0 fully saturated rings. The van der Waals surface area contributed by atoms with Crippen molar-refractivity contribution in [2.45, 2.75) is 6.54 Å². The minimum Gasteiger partial charge on any atom is -0.365 e. The van der Waals surface area contributed by atoms with Gasteiger partial charge in [-0.05, 0) is 29.8 Å². The van der Waals surface area contributed by atoms with E-state index in [4.69, 9.17) is 0 Å². The van der Waals surface area contributed by atoms with Crippen molar-refractivity contribution in [1.82, 2.24) is 15.5 Å². The van der Waals surface area contributed by atoms with E-state index in [9.17, 15) is 9.18 Å². The van der Waals surface area contributed by atoms with E-state index in [1.54, 1.807) is 30.3 Å². The minimum absolute atomic E-state index is 0.240. The maximum absolute atomic E-state index is 12.8. The molecule has 6 heteroatoms. The Kier molecular flexibility index (Phi) is 4.98. The van der Waals surface area contributed by atoms with Crippen LogP contribution in [0.5, 0.6) is 0 Å². The molecule has 108 valence electrons. The zero-order chi connectivity index (χ0) is 15.1. The number of amides is 1. The van der Waals surface area contributed by atoms with Crippen molar-refractivity contribution < 1.29 is 9.18 Å². The highest BCUT2D eigenvalue weighted by Gasteiger charge is 2.06. The number of nitrogens with one attached hydrogen (secondary N) is 2. The van der Waals surface area contributed by atoms with Crippen molar-refractivity contribution >= 4 is 11.7 Å². The molecule has 2 rings (SSSR count). The zero-order valence-electron chi connectivity index (χ0n) is 11.3. The third-order valence-corrected chi connectivity index (χ3v) is 2.69. The van der Waals surface area contributed by atoms with Crippen molar-refractivity contribution in [2.75, 3.05) is 11.9 Å². The second-order valence-electron chi connectivity index (χ2n) is 4.28. The van der Waals surface area contributed by atoms with Crippen LogP contribution in [0.2, 0.25) is 0 Å². The molecule has 0 aliphatic carbocycles. The first kappa shape index (κ1) is 14.6. The molecule has 0 saturated carbocycles. The van der Waals surface area contributed by atoms with Gasteiger partial charge in [-0.2, -0.15) is 0 Å². The molecule has 1 aromatic heterocycles. The predicted octanol–water partition coefficient (Wildman–Crippen LogP) is 2.14. The van der Waals surface area contributed by atoms with Crippen molar-refractivity contribution in [3.63, 3.8) is 0 Å². The molecular formula is C15H15FN4O. The average Bonchev–Trinajstić information content (AvgIpc) is 2.52. The molecular weight excluding hydrogens is 271 g/mol. The summed E-state index contributed by atoms with van der Waals surface area (Å²) < 4.78 is 12.8. The second-order valence-corrected chi connectivity index (χ2v) is 4.28. The SMILES string of the molecule is C=CCNC(=O)c1ccc(NCc2ccc(F)cc2)nn1. The Morgan fingerprint density at radius 3 is 2.57 bits per heavy atom. The van der Waals surface area contributed by atoms with Crippen LogP contribution in [0.25, 0.3) is 0 Å². The number of anilines is 1. The van der Waals surface area contributed by atoms with Crippen molar-refractivity contribution in [3.05, 3.63) is 66.1 Å². The number of rotatable bonds is 6. The normalized spacial score (nSPS) is 9.95. The number of carbonyl (C=O) groups excluding carboxylic acids is 1. The van der Waals surface area contributed by atoms with Crippen molar-refractivity contribution in [2.24, 2.45) is 0 Å². The number of halogens is 1. The number of hydrogen-bond donors (Lipinski definition) is 2. The highest BCUT2D eigenvalue weighted by atomic mass is 19.1. The lowest BCUT2D eigenvalue weighted by molar-refractivity contribution is 0.0952. The van der Waals surface area contributed by atoms with Gasteiger partial charge in [-0.1, -0.05) is 18.2 Å². The Bertz CT molecular complexity index is 611. The van der Waals surface area contributed by atoms with Crippen LogP contribution in [-0.2, 0) is 6.54 Å². The van der Waals surface area contributed by atoms with Crippen LogP contribution in [0.15, 0.2) is 49.1 Å². The molecule has 2 N–H and O–H groups in total. The Labute approximate surface area is 121 Å². The van der Waals surface area contributed by atoms with Crippen LogP contribution < -0.4 is 10.6 Å². The molecule has 0 saturated heterocycles. The summed E-state index contributed by atoms with van der Waals surface area (Å²) in [5.74, 6) is -0.0273. The maximum atomic E-state index is 12.8. The van der Waals surface area contributed by atoms with Gasteiger partial charge in [-0.3, -0.25) is 4.79 Å². The van der Waals surface area contributed by atoms with E-state index in [2.05, 4.69) is 27.4 Å². The molecule has 0 atom stereocenters. The van der Waals surface area contributed by atoms with Crippen LogP contribution in [0.4, 0.5) is 10.2 Å². The van der Waals surface area contributed by atoms with Crippen LogP contribution in [-0.4, -0.2) is 22.6 Å².